The number of benzene rings is 2. The van der Waals surface area contributed by atoms with Crippen LogP contribution in [0.1, 0.15) is 37.7 Å². The molecule has 0 radical (unpaired) electrons. The molecule has 1 heterocycles. The Morgan fingerprint density at radius 1 is 1.06 bits per heavy atom. The van der Waals surface area contributed by atoms with E-state index in [1.807, 2.05) is 0 Å². The molecule has 5 N–H and O–H groups in total. The second kappa shape index (κ2) is 9.98. The van der Waals surface area contributed by atoms with Gasteiger partial charge in [0.1, 0.15) is 5.75 Å². The Kier molecular flexibility index (Phi) is 7.09. The van der Waals surface area contributed by atoms with Gasteiger partial charge in [-0.05, 0) is 23.8 Å². The number of alkyl halides is 3. The van der Waals surface area contributed by atoms with Crippen molar-refractivity contribution in [3.63, 3.8) is 0 Å². The second-order valence-electron chi connectivity index (χ2n) is 7.01. The number of amides is 2. The van der Waals surface area contributed by atoms with Gasteiger partial charge in [0, 0.05) is 24.1 Å². The molecule has 3 rings (SSSR count). The molecule has 176 valence electrons. The second-order valence-corrected chi connectivity index (χ2v) is 7.01. The number of esters is 1. The Labute approximate surface area is 190 Å². The highest BCUT2D eigenvalue weighted by Crippen LogP contribution is 2.23. The number of rotatable bonds is 7. The van der Waals surface area contributed by atoms with E-state index in [0.717, 1.165) is 0 Å². The van der Waals surface area contributed by atoms with Crippen molar-refractivity contribution in [3.8, 4) is 5.75 Å². The van der Waals surface area contributed by atoms with Crippen LogP contribution in [-0.4, -0.2) is 33.9 Å². The molecule has 3 aromatic rings. The maximum atomic E-state index is 12.6. The molecule has 2 aromatic carbocycles. The number of primary amides is 1. The van der Waals surface area contributed by atoms with Gasteiger partial charge < -0.3 is 21.5 Å². The predicted molar refractivity (Wildman–Crippen MR) is 114 cm³/mol. The molecular formula is C22H18F3N5O4. The van der Waals surface area contributed by atoms with Gasteiger partial charge >= 0.3 is 12.1 Å². The van der Waals surface area contributed by atoms with Gasteiger partial charge in [0.25, 0.3) is 11.8 Å². The molecular weight excluding hydrogens is 455 g/mol. The molecule has 34 heavy (non-hydrogen) atoms. The lowest BCUT2D eigenvalue weighted by molar-refractivity contribution is -0.189. The maximum absolute atomic E-state index is 12.6. The SMILES string of the molecule is NC(=O)c1nc(Cc2cccc(C(=O)NCc3ccccc3OC(=O)C(F)(F)F)c2)cnc1N. The highest BCUT2D eigenvalue weighted by molar-refractivity contribution is 5.95. The number of hydrogen-bond donors (Lipinski definition) is 3. The van der Waals surface area contributed by atoms with Crippen LogP contribution in [0, 0.1) is 0 Å². The van der Waals surface area contributed by atoms with Crippen molar-refractivity contribution < 1.29 is 32.3 Å². The first-order valence-corrected chi connectivity index (χ1v) is 9.70. The molecule has 0 saturated heterocycles. The van der Waals surface area contributed by atoms with Crippen molar-refractivity contribution in [2.45, 2.75) is 19.1 Å². The van der Waals surface area contributed by atoms with Gasteiger partial charge in [0.2, 0.25) is 0 Å². The number of nitrogens with one attached hydrogen (secondary N) is 1. The van der Waals surface area contributed by atoms with Gasteiger partial charge in [0.05, 0.1) is 11.9 Å². The Balaban J connectivity index is 1.70. The smallest absolute Gasteiger partial charge is 0.420 e. The van der Waals surface area contributed by atoms with Crippen LogP contribution in [0.25, 0.3) is 0 Å². The van der Waals surface area contributed by atoms with E-state index < -0.39 is 24.0 Å². The lowest BCUT2D eigenvalue weighted by Crippen LogP contribution is -2.29. The van der Waals surface area contributed by atoms with E-state index in [9.17, 15) is 27.6 Å². The molecule has 2 amide bonds. The zero-order valence-corrected chi connectivity index (χ0v) is 17.4. The number of para-hydroxylation sites is 1. The van der Waals surface area contributed by atoms with E-state index in [4.69, 9.17) is 11.5 Å². The van der Waals surface area contributed by atoms with Gasteiger partial charge in [-0.1, -0.05) is 30.3 Å². The summed E-state index contributed by atoms with van der Waals surface area (Å²) < 4.78 is 41.9. The number of nitrogens with zero attached hydrogens (tertiary/aromatic N) is 2. The molecule has 1 aromatic heterocycles. The highest BCUT2D eigenvalue weighted by atomic mass is 19.4. The van der Waals surface area contributed by atoms with Gasteiger partial charge in [-0.25, -0.2) is 14.8 Å². The number of carbonyl (C=O) groups is 3. The average molecular weight is 473 g/mol. The molecule has 0 aliphatic carbocycles. The fourth-order valence-electron chi connectivity index (χ4n) is 2.92. The van der Waals surface area contributed by atoms with Gasteiger partial charge in [-0.15, -0.1) is 0 Å². The van der Waals surface area contributed by atoms with Crippen LogP contribution in [0.15, 0.2) is 54.7 Å². The van der Waals surface area contributed by atoms with Crippen LogP contribution in [0.4, 0.5) is 19.0 Å². The van der Waals surface area contributed by atoms with Gasteiger partial charge in [-0.2, -0.15) is 13.2 Å². The number of nitrogens with two attached hydrogens (primary N) is 2. The van der Waals surface area contributed by atoms with E-state index in [2.05, 4.69) is 20.0 Å². The summed E-state index contributed by atoms with van der Waals surface area (Å²) in [5, 5.41) is 2.57. The minimum Gasteiger partial charge on any atom is -0.420 e. The van der Waals surface area contributed by atoms with E-state index >= 15 is 0 Å². The first-order valence-electron chi connectivity index (χ1n) is 9.70. The van der Waals surface area contributed by atoms with Crippen molar-refractivity contribution in [1.29, 1.82) is 0 Å². The molecule has 0 bridgehead atoms. The maximum Gasteiger partial charge on any atom is 0.491 e. The standard InChI is InChI=1S/C22H18F3N5O4/c23-22(24,25)21(33)34-16-7-2-1-5-14(16)10-29-20(32)13-6-3-4-12(8-13)9-15-11-28-18(26)17(30-15)19(27)31/h1-8,11H,9-10H2,(H2,26,28)(H2,27,31)(H,29,32). The molecule has 0 aliphatic rings. The summed E-state index contributed by atoms with van der Waals surface area (Å²) >= 11 is 0. The molecule has 0 unspecified atom stereocenters. The first-order chi connectivity index (χ1) is 16.0. The molecule has 12 heteroatoms. The average Bonchev–Trinajstić information content (AvgIpc) is 2.79. The van der Waals surface area contributed by atoms with Gasteiger partial charge in [-0.3, -0.25) is 9.59 Å². The van der Waals surface area contributed by atoms with Crippen LogP contribution >= 0.6 is 0 Å². The molecule has 9 nitrogen and oxygen atoms in total. The molecule has 0 aliphatic heterocycles. The Hall–Kier alpha value is -4.48. The topological polar surface area (TPSA) is 150 Å². The Morgan fingerprint density at radius 2 is 1.79 bits per heavy atom. The minimum atomic E-state index is -5.15. The number of anilines is 1. The van der Waals surface area contributed by atoms with Crippen LogP contribution < -0.4 is 21.5 Å². The lowest BCUT2D eigenvalue weighted by atomic mass is 10.1. The largest absolute Gasteiger partial charge is 0.491 e. The van der Waals surface area contributed by atoms with E-state index in [-0.39, 0.29) is 41.4 Å². The fraction of sp³-hybridized carbons (Fsp3) is 0.136. The Bertz CT molecular complexity index is 1250. The summed E-state index contributed by atoms with van der Waals surface area (Å²) in [5.41, 5.74) is 12.2. The van der Waals surface area contributed by atoms with Crippen molar-refractivity contribution in [2.24, 2.45) is 5.73 Å². The monoisotopic (exact) mass is 473 g/mol. The summed E-state index contributed by atoms with van der Waals surface area (Å²) in [6.45, 7) is -0.185. The van der Waals surface area contributed by atoms with Crippen LogP contribution in [0.5, 0.6) is 5.75 Å². The predicted octanol–water partition coefficient (Wildman–Crippen LogP) is 2.15. The number of halogens is 3. The summed E-state index contributed by atoms with van der Waals surface area (Å²) in [5.74, 6) is -4.10. The normalized spacial score (nSPS) is 11.0. The van der Waals surface area contributed by atoms with E-state index in [0.29, 0.717) is 11.3 Å². The third-order valence-corrected chi connectivity index (χ3v) is 4.50. The van der Waals surface area contributed by atoms with Crippen LogP contribution in [0.3, 0.4) is 0 Å². The zero-order valence-electron chi connectivity index (χ0n) is 17.4. The third-order valence-electron chi connectivity index (χ3n) is 4.50. The highest BCUT2D eigenvalue weighted by Gasteiger charge is 2.41. The zero-order chi connectivity index (χ0) is 24.9. The fourth-order valence-corrected chi connectivity index (χ4v) is 2.92. The van der Waals surface area contributed by atoms with Crippen LogP contribution in [0.2, 0.25) is 0 Å². The Morgan fingerprint density at radius 3 is 2.50 bits per heavy atom. The van der Waals surface area contributed by atoms with E-state index in [1.54, 1.807) is 18.2 Å². The molecule has 0 fully saturated rings. The number of nitrogen functional groups attached to an aromatic ring is 1. The first kappa shape index (κ1) is 24.2. The van der Waals surface area contributed by atoms with Crippen molar-refractivity contribution in [1.82, 2.24) is 15.3 Å². The summed E-state index contributed by atoms with van der Waals surface area (Å²) in [7, 11) is 0. The number of carbonyl (C=O) groups excluding carboxylic acids is 3. The number of aromatic nitrogens is 2. The number of hydrogen-bond acceptors (Lipinski definition) is 7. The molecule has 0 spiro atoms. The van der Waals surface area contributed by atoms with Crippen molar-refractivity contribution in [3.05, 3.63) is 82.8 Å². The lowest BCUT2D eigenvalue weighted by Gasteiger charge is -2.12. The van der Waals surface area contributed by atoms with Gasteiger partial charge in [0.15, 0.2) is 11.5 Å². The van der Waals surface area contributed by atoms with Crippen LogP contribution in [-0.2, 0) is 17.8 Å². The molecule has 0 atom stereocenters. The van der Waals surface area contributed by atoms with Crippen molar-refractivity contribution >= 4 is 23.6 Å². The summed E-state index contributed by atoms with van der Waals surface area (Å²) in [6, 6.07) is 12.0. The minimum absolute atomic E-state index is 0.0921. The summed E-state index contributed by atoms with van der Waals surface area (Å²) in [4.78, 5) is 43.1. The quantitative estimate of drug-likeness (QED) is 0.351. The summed E-state index contributed by atoms with van der Waals surface area (Å²) in [6.07, 6.45) is -3.54. The molecule has 0 saturated carbocycles. The van der Waals surface area contributed by atoms with Crippen molar-refractivity contribution in [2.75, 3.05) is 5.73 Å². The van der Waals surface area contributed by atoms with E-state index in [1.165, 1.54) is 36.5 Å². The number of ether oxygens (including phenoxy) is 1. The third kappa shape index (κ3) is 6.06.